The van der Waals surface area contributed by atoms with Crippen LogP contribution in [0.1, 0.15) is 12.8 Å². The van der Waals surface area contributed by atoms with Gasteiger partial charge in [-0.25, -0.2) is 13.6 Å². The zero-order valence-corrected chi connectivity index (χ0v) is 15.7. The highest BCUT2D eigenvalue weighted by Crippen LogP contribution is 2.24. The maximum atomic E-state index is 13.3. The van der Waals surface area contributed by atoms with E-state index in [2.05, 4.69) is 39.4 Å². The summed E-state index contributed by atoms with van der Waals surface area (Å²) in [6.07, 6.45) is 2.52. The molecule has 28 heavy (non-hydrogen) atoms. The van der Waals surface area contributed by atoms with Gasteiger partial charge in [0, 0.05) is 62.4 Å². The van der Waals surface area contributed by atoms with E-state index in [1.165, 1.54) is 24.6 Å². The van der Waals surface area contributed by atoms with E-state index >= 15 is 0 Å². The van der Waals surface area contributed by atoms with Crippen molar-refractivity contribution >= 4 is 23.1 Å². The number of carbonyl (C=O) groups excluding carboxylic acids is 1. The number of urea groups is 1. The lowest BCUT2D eigenvalue weighted by Crippen LogP contribution is -2.50. The van der Waals surface area contributed by atoms with Crippen LogP contribution in [-0.2, 0) is 0 Å². The van der Waals surface area contributed by atoms with Crippen molar-refractivity contribution in [1.82, 2.24) is 4.90 Å². The Bertz CT molecular complexity index is 829. The Balaban J connectivity index is 1.31. The van der Waals surface area contributed by atoms with Crippen molar-refractivity contribution in [2.24, 2.45) is 0 Å². The highest BCUT2D eigenvalue weighted by Gasteiger charge is 2.22. The molecule has 5 nitrogen and oxygen atoms in total. The summed E-state index contributed by atoms with van der Waals surface area (Å²) in [7, 11) is 0. The van der Waals surface area contributed by atoms with E-state index in [4.69, 9.17) is 0 Å². The van der Waals surface area contributed by atoms with Gasteiger partial charge in [0.05, 0.1) is 0 Å². The molecule has 2 saturated heterocycles. The fraction of sp³-hybridized carbons (Fsp3) is 0.381. The number of carbonyl (C=O) groups is 1. The van der Waals surface area contributed by atoms with Crippen molar-refractivity contribution < 1.29 is 13.6 Å². The molecule has 0 atom stereocenters. The molecule has 148 valence electrons. The van der Waals surface area contributed by atoms with Crippen LogP contribution < -0.4 is 15.1 Å². The quantitative estimate of drug-likeness (QED) is 0.869. The summed E-state index contributed by atoms with van der Waals surface area (Å²) in [4.78, 5) is 18.7. The number of amides is 2. The molecule has 0 aliphatic carbocycles. The Morgan fingerprint density at radius 3 is 1.89 bits per heavy atom. The fourth-order valence-corrected chi connectivity index (χ4v) is 3.79. The fourth-order valence-electron chi connectivity index (χ4n) is 3.79. The van der Waals surface area contributed by atoms with Crippen LogP contribution in [0.25, 0.3) is 0 Å². The van der Waals surface area contributed by atoms with E-state index in [-0.39, 0.29) is 11.7 Å². The van der Waals surface area contributed by atoms with E-state index in [1.54, 1.807) is 4.90 Å². The molecule has 0 saturated carbocycles. The lowest BCUT2D eigenvalue weighted by molar-refractivity contribution is 0.208. The van der Waals surface area contributed by atoms with Crippen molar-refractivity contribution in [3.05, 3.63) is 54.1 Å². The Morgan fingerprint density at radius 2 is 1.32 bits per heavy atom. The summed E-state index contributed by atoms with van der Waals surface area (Å²) < 4.78 is 26.3. The standard InChI is InChI=1S/C21H24F2N4O/c22-19-8-3-16(15-20(19)23)24-21(28)27-13-11-26(12-14-27)18-6-4-17(5-7-18)25-9-1-2-10-25/h3-8,15H,1-2,9-14H2,(H,24,28). The topological polar surface area (TPSA) is 38.8 Å². The van der Waals surface area contributed by atoms with Gasteiger partial charge in [-0.05, 0) is 49.2 Å². The van der Waals surface area contributed by atoms with E-state index in [0.717, 1.165) is 44.0 Å². The molecule has 2 aliphatic heterocycles. The summed E-state index contributed by atoms with van der Waals surface area (Å²) >= 11 is 0. The minimum absolute atomic E-state index is 0.254. The first kappa shape index (κ1) is 18.5. The van der Waals surface area contributed by atoms with Crippen LogP contribution in [0.4, 0.5) is 30.6 Å². The lowest BCUT2D eigenvalue weighted by atomic mass is 10.2. The third-order valence-corrected chi connectivity index (χ3v) is 5.42. The molecule has 0 bridgehead atoms. The first-order valence-corrected chi connectivity index (χ1v) is 9.71. The third-order valence-electron chi connectivity index (χ3n) is 5.42. The normalized spacial score (nSPS) is 17.1. The van der Waals surface area contributed by atoms with Crippen LogP contribution in [0.5, 0.6) is 0 Å². The molecule has 2 aliphatic rings. The molecule has 2 aromatic carbocycles. The molecule has 2 heterocycles. The summed E-state index contributed by atoms with van der Waals surface area (Å²) in [5, 5.41) is 2.63. The zero-order chi connectivity index (χ0) is 19.5. The number of halogens is 2. The van der Waals surface area contributed by atoms with Gasteiger partial charge in [-0.15, -0.1) is 0 Å². The van der Waals surface area contributed by atoms with Crippen molar-refractivity contribution in [3.8, 4) is 0 Å². The summed E-state index contributed by atoms with van der Waals surface area (Å²) in [6, 6.07) is 11.7. The van der Waals surface area contributed by atoms with Crippen molar-refractivity contribution in [2.45, 2.75) is 12.8 Å². The molecule has 2 aromatic rings. The number of hydrogen-bond acceptors (Lipinski definition) is 3. The first-order valence-electron chi connectivity index (χ1n) is 9.71. The highest BCUT2D eigenvalue weighted by molar-refractivity contribution is 5.89. The molecular formula is C21H24F2N4O. The average Bonchev–Trinajstić information content (AvgIpc) is 3.26. The van der Waals surface area contributed by atoms with E-state index in [1.807, 2.05) is 0 Å². The van der Waals surface area contributed by atoms with Crippen LogP contribution in [-0.4, -0.2) is 50.2 Å². The minimum Gasteiger partial charge on any atom is -0.372 e. The molecule has 1 N–H and O–H groups in total. The van der Waals surface area contributed by atoms with Gasteiger partial charge in [0.2, 0.25) is 0 Å². The maximum absolute atomic E-state index is 13.3. The predicted octanol–water partition coefficient (Wildman–Crippen LogP) is 3.92. The lowest BCUT2D eigenvalue weighted by Gasteiger charge is -2.36. The second-order valence-corrected chi connectivity index (χ2v) is 7.24. The smallest absolute Gasteiger partial charge is 0.321 e. The highest BCUT2D eigenvalue weighted by atomic mass is 19.2. The number of hydrogen-bond donors (Lipinski definition) is 1. The van der Waals surface area contributed by atoms with Crippen molar-refractivity contribution in [2.75, 3.05) is 54.4 Å². The van der Waals surface area contributed by atoms with Gasteiger partial charge >= 0.3 is 6.03 Å². The van der Waals surface area contributed by atoms with Gasteiger partial charge in [0.25, 0.3) is 0 Å². The Labute approximate surface area is 163 Å². The maximum Gasteiger partial charge on any atom is 0.321 e. The zero-order valence-electron chi connectivity index (χ0n) is 15.7. The number of nitrogens with one attached hydrogen (secondary N) is 1. The number of rotatable bonds is 3. The number of nitrogens with zero attached hydrogens (tertiary/aromatic N) is 3. The summed E-state index contributed by atoms with van der Waals surface area (Å²) in [5.41, 5.74) is 2.68. The van der Waals surface area contributed by atoms with E-state index < -0.39 is 11.6 Å². The monoisotopic (exact) mass is 386 g/mol. The van der Waals surface area contributed by atoms with Gasteiger partial charge in [-0.1, -0.05) is 0 Å². The van der Waals surface area contributed by atoms with Crippen molar-refractivity contribution in [1.29, 1.82) is 0 Å². The Morgan fingerprint density at radius 1 is 0.750 bits per heavy atom. The van der Waals surface area contributed by atoms with Crippen molar-refractivity contribution in [3.63, 3.8) is 0 Å². The first-order chi connectivity index (χ1) is 13.6. The summed E-state index contributed by atoms with van der Waals surface area (Å²) in [5.74, 6) is -1.90. The van der Waals surface area contributed by atoms with Gasteiger partial charge in [0.1, 0.15) is 0 Å². The van der Waals surface area contributed by atoms with Crippen LogP contribution in [0.15, 0.2) is 42.5 Å². The second-order valence-electron chi connectivity index (χ2n) is 7.24. The Hall–Kier alpha value is -2.83. The number of anilines is 3. The molecule has 7 heteroatoms. The Kier molecular flexibility index (Phi) is 5.32. The van der Waals surface area contributed by atoms with Gasteiger partial charge in [-0.2, -0.15) is 0 Å². The van der Waals surface area contributed by atoms with Gasteiger partial charge < -0.3 is 20.0 Å². The van der Waals surface area contributed by atoms with Crippen LogP contribution in [0.2, 0.25) is 0 Å². The van der Waals surface area contributed by atoms with Crippen LogP contribution in [0, 0.1) is 11.6 Å². The molecule has 0 spiro atoms. The number of piperazine rings is 1. The van der Waals surface area contributed by atoms with E-state index in [0.29, 0.717) is 13.1 Å². The van der Waals surface area contributed by atoms with Gasteiger partial charge in [-0.3, -0.25) is 0 Å². The van der Waals surface area contributed by atoms with Gasteiger partial charge in [0.15, 0.2) is 11.6 Å². The minimum atomic E-state index is -0.972. The molecular weight excluding hydrogens is 362 g/mol. The largest absolute Gasteiger partial charge is 0.372 e. The summed E-state index contributed by atoms with van der Waals surface area (Å²) in [6.45, 7) is 4.87. The molecule has 0 radical (unpaired) electrons. The average molecular weight is 386 g/mol. The predicted molar refractivity (Wildman–Crippen MR) is 107 cm³/mol. The molecule has 2 amide bonds. The SMILES string of the molecule is O=C(Nc1ccc(F)c(F)c1)N1CCN(c2ccc(N3CCCC3)cc2)CC1. The molecule has 2 fully saturated rings. The third kappa shape index (κ3) is 4.03. The van der Waals surface area contributed by atoms with Crippen LogP contribution >= 0.6 is 0 Å². The second kappa shape index (κ2) is 8.04. The molecule has 0 aromatic heterocycles. The molecule has 4 rings (SSSR count). The number of benzene rings is 2. The van der Waals surface area contributed by atoms with Crippen LogP contribution in [0.3, 0.4) is 0 Å². The molecule has 0 unspecified atom stereocenters. The van der Waals surface area contributed by atoms with E-state index in [9.17, 15) is 13.6 Å².